The number of halogens is 1. The van der Waals surface area contributed by atoms with Gasteiger partial charge in [0.1, 0.15) is 40.4 Å². The van der Waals surface area contributed by atoms with E-state index in [2.05, 4.69) is 20.6 Å². The van der Waals surface area contributed by atoms with E-state index in [1.807, 2.05) is 19.9 Å². The van der Waals surface area contributed by atoms with Crippen molar-refractivity contribution in [3.05, 3.63) is 82.9 Å². The van der Waals surface area contributed by atoms with Crippen LogP contribution in [-0.4, -0.2) is 64.9 Å². The number of nitrogens with one attached hydrogen (secondary N) is 2. The summed E-state index contributed by atoms with van der Waals surface area (Å²) < 4.78 is 30.4. The third-order valence-corrected chi connectivity index (χ3v) is 8.47. The summed E-state index contributed by atoms with van der Waals surface area (Å²) in [5.74, 6) is -1.26. The predicted octanol–water partition coefficient (Wildman–Crippen LogP) is 3.39. The van der Waals surface area contributed by atoms with Gasteiger partial charge in [0.25, 0.3) is 5.91 Å². The highest BCUT2D eigenvalue weighted by Crippen LogP contribution is 2.45. The molecule has 1 saturated heterocycles. The molecular formula is C34H34FN5O7. The number of primary amides is 1. The average Bonchev–Trinajstić information content (AvgIpc) is 3.36. The Labute approximate surface area is 269 Å². The van der Waals surface area contributed by atoms with Crippen LogP contribution in [0.25, 0.3) is 22.2 Å². The van der Waals surface area contributed by atoms with Crippen LogP contribution in [0, 0.1) is 12.7 Å². The maximum absolute atomic E-state index is 13.7. The normalized spacial score (nSPS) is 19.1. The summed E-state index contributed by atoms with van der Waals surface area (Å²) in [5, 5.41) is 17.7. The molecular weight excluding hydrogens is 609 g/mol. The number of fused-ring (bicyclic) bond motifs is 2. The van der Waals surface area contributed by atoms with Crippen LogP contribution in [0.3, 0.4) is 0 Å². The number of aryl methyl sites for hydroxylation is 1. The minimum Gasteiger partial charge on any atom is -0.489 e. The zero-order valence-corrected chi connectivity index (χ0v) is 26.3. The molecule has 4 heterocycles. The van der Waals surface area contributed by atoms with E-state index in [0.29, 0.717) is 41.0 Å². The van der Waals surface area contributed by atoms with Crippen LogP contribution < -0.4 is 25.8 Å². The largest absolute Gasteiger partial charge is 0.489 e. The van der Waals surface area contributed by atoms with Gasteiger partial charge in [-0.05, 0) is 81.8 Å². The zero-order valence-electron chi connectivity index (χ0n) is 26.3. The van der Waals surface area contributed by atoms with Crippen molar-refractivity contribution in [3.63, 3.8) is 0 Å². The summed E-state index contributed by atoms with van der Waals surface area (Å²) in [6.07, 6.45) is 0.912. The van der Waals surface area contributed by atoms with Crippen molar-refractivity contribution in [2.45, 2.75) is 44.2 Å². The van der Waals surface area contributed by atoms with E-state index < -0.39 is 40.3 Å². The van der Waals surface area contributed by atoms with E-state index in [9.17, 15) is 23.9 Å². The first-order chi connectivity index (χ1) is 22.2. The molecule has 0 unspecified atom stereocenters. The highest BCUT2D eigenvalue weighted by Gasteiger charge is 2.45. The number of pyridine rings is 2. The number of aromatic nitrogens is 2. The fraction of sp³-hybridized carbons (Fsp3) is 0.324. The van der Waals surface area contributed by atoms with Crippen molar-refractivity contribution in [1.82, 2.24) is 20.6 Å². The molecule has 1 fully saturated rings. The molecule has 0 bridgehead atoms. The van der Waals surface area contributed by atoms with E-state index in [1.165, 1.54) is 43.3 Å². The fourth-order valence-corrected chi connectivity index (χ4v) is 5.50. The summed E-state index contributed by atoms with van der Waals surface area (Å²) in [4.78, 5) is 47.8. The van der Waals surface area contributed by atoms with Crippen molar-refractivity contribution in [2.75, 3.05) is 26.4 Å². The van der Waals surface area contributed by atoms with E-state index in [-0.39, 0.29) is 35.9 Å². The van der Waals surface area contributed by atoms with Gasteiger partial charge in [0.15, 0.2) is 5.75 Å². The lowest BCUT2D eigenvalue weighted by molar-refractivity contribution is -0.123. The van der Waals surface area contributed by atoms with E-state index in [1.54, 1.807) is 19.2 Å². The van der Waals surface area contributed by atoms with Crippen LogP contribution in [0.5, 0.6) is 11.5 Å². The summed E-state index contributed by atoms with van der Waals surface area (Å²) in [6, 6.07) is 11.9. The molecule has 0 radical (unpaired) electrons. The van der Waals surface area contributed by atoms with Crippen LogP contribution in [0.4, 0.5) is 9.18 Å². The summed E-state index contributed by atoms with van der Waals surface area (Å²) in [6.45, 7) is 7.13. The van der Waals surface area contributed by atoms with Gasteiger partial charge in [-0.1, -0.05) is 0 Å². The second-order valence-corrected chi connectivity index (χ2v) is 12.8. The minimum atomic E-state index is -1.75. The lowest BCUT2D eigenvalue weighted by atomic mass is 9.82. The van der Waals surface area contributed by atoms with Gasteiger partial charge in [-0.2, -0.15) is 0 Å². The number of amides is 3. The fourth-order valence-electron chi connectivity index (χ4n) is 5.50. The predicted molar refractivity (Wildman–Crippen MR) is 168 cm³/mol. The number of nitrogens with two attached hydrogens (primary N) is 1. The molecule has 0 saturated carbocycles. The van der Waals surface area contributed by atoms with E-state index in [4.69, 9.17) is 19.9 Å². The van der Waals surface area contributed by atoms with E-state index in [0.717, 1.165) is 5.56 Å². The molecule has 2 aromatic carbocycles. The van der Waals surface area contributed by atoms with Crippen molar-refractivity contribution < 1.29 is 38.1 Å². The standard InChI is InChI=1S/C34H34FN5O7/c1-18-9-20-10-21(11-24(26(20)37-13-18)47-31(43)40-32(2)15-45-16-32)29(41)38-14-34(4,44)25-12-23-28(46-17-33(23,3)30(36)42)27(39-25)19-5-7-22(35)8-6-19/h5-13,44H,14-17H2,1-4H3,(H2,36,42)(H,38,41)(H,40,43)/t33-,34-/m0/s1. The highest BCUT2D eigenvalue weighted by atomic mass is 19.1. The molecule has 12 nitrogen and oxygen atoms in total. The number of ether oxygens (including phenoxy) is 3. The number of rotatable bonds is 8. The Hall–Kier alpha value is -5.14. The van der Waals surface area contributed by atoms with Crippen LogP contribution in [0.1, 0.15) is 48.0 Å². The van der Waals surface area contributed by atoms with Gasteiger partial charge in [-0.3, -0.25) is 14.6 Å². The van der Waals surface area contributed by atoms with E-state index >= 15 is 0 Å². The summed E-state index contributed by atoms with van der Waals surface area (Å²) in [7, 11) is 0. The van der Waals surface area contributed by atoms with Gasteiger partial charge >= 0.3 is 6.09 Å². The Morgan fingerprint density at radius 1 is 1.11 bits per heavy atom. The molecule has 0 aliphatic carbocycles. The monoisotopic (exact) mass is 643 g/mol. The van der Waals surface area contributed by atoms with Crippen LogP contribution >= 0.6 is 0 Å². The summed E-state index contributed by atoms with van der Waals surface area (Å²) in [5.41, 5.74) is 4.93. The Bertz CT molecular complexity index is 1930. The molecule has 3 amide bonds. The smallest absolute Gasteiger partial charge is 0.413 e. The van der Waals surface area contributed by atoms with Gasteiger partial charge in [-0.25, -0.2) is 14.2 Å². The average molecular weight is 644 g/mol. The van der Waals surface area contributed by atoms with Crippen molar-refractivity contribution >= 4 is 28.8 Å². The number of carbonyl (C=O) groups is 3. The Morgan fingerprint density at radius 3 is 2.49 bits per heavy atom. The highest BCUT2D eigenvalue weighted by molar-refractivity contribution is 6.00. The molecule has 2 aromatic heterocycles. The molecule has 4 aromatic rings. The van der Waals surface area contributed by atoms with Gasteiger partial charge in [0.05, 0.1) is 31.0 Å². The molecule has 2 aliphatic heterocycles. The van der Waals surface area contributed by atoms with Crippen LogP contribution in [0.15, 0.2) is 54.7 Å². The molecule has 0 spiro atoms. The maximum atomic E-state index is 13.7. The number of hydrogen-bond acceptors (Lipinski definition) is 9. The molecule has 2 aliphatic rings. The minimum absolute atomic E-state index is 0.0401. The van der Waals surface area contributed by atoms with Gasteiger partial charge in [0, 0.05) is 28.3 Å². The second-order valence-electron chi connectivity index (χ2n) is 12.8. The van der Waals surface area contributed by atoms with Gasteiger partial charge in [-0.15, -0.1) is 0 Å². The van der Waals surface area contributed by atoms with Crippen molar-refractivity contribution in [3.8, 4) is 22.8 Å². The number of nitrogens with zero attached hydrogens (tertiary/aromatic N) is 2. The molecule has 5 N–H and O–H groups in total. The molecule has 13 heteroatoms. The lowest BCUT2D eigenvalue weighted by Gasteiger charge is -2.38. The number of carbonyl (C=O) groups excluding carboxylic acids is 3. The number of aliphatic hydroxyl groups is 1. The van der Waals surface area contributed by atoms with Gasteiger partial charge in [0.2, 0.25) is 5.91 Å². The Morgan fingerprint density at radius 2 is 1.83 bits per heavy atom. The molecule has 6 rings (SSSR count). The number of hydrogen-bond donors (Lipinski definition) is 4. The second kappa shape index (κ2) is 11.6. The van der Waals surface area contributed by atoms with Gasteiger partial charge < -0.3 is 35.7 Å². The molecule has 244 valence electrons. The molecule has 2 atom stereocenters. The topological polar surface area (TPSA) is 175 Å². The van der Waals surface area contributed by atoms with Crippen molar-refractivity contribution in [1.29, 1.82) is 0 Å². The first kappa shape index (κ1) is 31.8. The van der Waals surface area contributed by atoms with Crippen molar-refractivity contribution in [2.24, 2.45) is 5.73 Å². The third-order valence-electron chi connectivity index (χ3n) is 8.47. The van der Waals surface area contributed by atoms with Crippen LogP contribution in [0.2, 0.25) is 0 Å². The lowest BCUT2D eigenvalue weighted by Crippen LogP contribution is -2.60. The summed E-state index contributed by atoms with van der Waals surface area (Å²) >= 11 is 0. The Kier molecular flexibility index (Phi) is 7.84. The quantitative estimate of drug-likeness (QED) is 0.224. The van der Waals surface area contributed by atoms with Crippen LogP contribution in [-0.2, 0) is 20.5 Å². The third kappa shape index (κ3) is 6.07. The Balaban J connectivity index is 1.29. The maximum Gasteiger partial charge on any atom is 0.413 e. The number of benzene rings is 2. The molecule has 47 heavy (non-hydrogen) atoms. The SMILES string of the molecule is Cc1cnc2c(OC(=O)NC3(C)COC3)cc(C(=O)NC[C@](C)(O)c3cc4c(c(-c5ccc(F)cc5)n3)OC[C@]4(C)C(N)=O)cc2c1. The first-order valence-electron chi connectivity index (χ1n) is 14.9. The first-order valence-corrected chi connectivity index (χ1v) is 14.9. The zero-order chi connectivity index (χ0) is 33.7.